The van der Waals surface area contributed by atoms with E-state index in [0.717, 1.165) is 11.3 Å². The first-order valence-electron chi connectivity index (χ1n) is 10.3. The normalized spacial score (nSPS) is 15.6. The predicted molar refractivity (Wildman–Crippen MR) is 122 cm³/mol. The number of fused-ring (bicyclic) bond motifs is 2. The molecule has 3 aromatic carbocycles. The van der Waals surface area contributed by atoms with E-state index in [-0.39, 0.29) is 24.3 Å². The molecule has 0 spiro atoms. The first-order chi connectivity index (χ1) is 15.7. The summed E-state index contributed by atoms with van der Waals surface area (Å²) >= 11 is 0. The number of anilines is 1. The topological polar surface area (TPSA) is 57.7 Å². The molecule has 5 rings (SSSR count). The molecule has 2 aliphatic heterocycles. The first kappa shape index (κ1) is 19.5. The zero-order valence-electron chi connectivity index (χ0n) is 17.1. The summed E-state index contributed by atoms with van der Waals surface area (Å²) in [7, 11) is 0. The van der Waals surface area contributed by atoms with Crippen LogP contribution in [-0.4, -0.2) is 29.2 Å². The average molecular weight is 418 g/mol. The Balaban J connectivity index is 1.37. The van der Waals surface area contributed by atoms with Crippen molar-refractivity contribution in [3.8, 4) is 11.8 Å². The molecule has 0 bridgehead atoms. The number of allylic oxidation sites excluding steroid dienone is 1. The summed E-state index contributed by atoms with van der Waals surface area (Å²) in [5, 5.41) is 0. The lowest BCUT2D eigenvalue weighted by atomic mass is 10.1. The number of carbonyl (C=O) groups is 3. The van der Waals surface area contributed by atoms with Crippen LogP contribution in [0.1, 0.15) is 43.1 Å². The second-order valence-electron chi connectivity index (χ2n) is 7.43. The van der Waals surface area contributed by atoms with E-state index in [4.69, 9.17) is 0 Å². The average Bonchev–Trinajstić information content (AvgIpc) is 3.25. The Hall–Kier alpha value is -4.43. The van der Waals surface area contributed by atoms with Crippen molar-refractivity contribution >= 4 is 29.1 Å². The molecule has 2 aliphatic rings. The highest BCUT2D eigenvalue weighted by Gasteiger charge is 2.34. The molecule has 0 unspecified atom stereocenters. The highest BCUT2D eigenvalue weighted by atomic mass is 16.2. The second kappa shape index (κ2) is 8.01. The third-order valence-electron chi connectivity index (χ3n) is 5.54. The van der Waals surface area contributed by atoms with E-state index in [9.17, 15) is 14.4 Å². The monoisotopic (exact) mass is 418 g/mol. The van der Waals surface area contributed by atoms with Crippen LogP contribution in [0.15, 0.2) is 84.9 Å². The Morgan fingerprint density at radius 2 is 1.19 bits per heavy atom. The number of hydrogen-bond acceptors (Lipinski definition) is 3. The van der Waals surface area contributed by atoms with Crippen LogP contribution in [0.5, 0.6) is 0 Å². The summed E-state index contributed by atoms with van der Waals surface area (Å²) in [5.41, 5.74) is 3.82. The fourth-order valence-electron chi connectivity index (χ4n) is 4.02. The molecule has 0 N–H and O–H groups in total. The molecule has 3 aromatic rings. The summed E-state index contributed by atoms with van der Waals surface area (Å²) in [6.07, 6.45) is 2.06. The molecular formula is C27H18N2O3. The van der Waals surface area contributed by atoms with Crippen molar-refractivity contribution in [1.82, 2.24) is 4.90 Å². The van der Waals surface area contributed by atoms with Crippen LogP contribution in [0.25, 0.3) is 5.70 Å². The molecular weight excluding hydrogens is 400 g/mol. The maximum Gasteiger partial charge on any atom is 0.263 e. The lowest BCUT2D eigenvalue weighted by Gasteiger charge is -2.17. The minimum absolute atomic E-state index is 0.0918. The number of amides is 3. The molecule has 0 saturated carbocycles. The molecule has 3 amide bonds. The van der Waals surface area contributed by atoms with Gasteiger partial charge in [0.25, 0.3) is 17.7 Å². The Morgan fingerprint density at radius 3 is 1.81 bits per heavy atom. The fraction of sp³-hybridized carbons (Fsp3) is 0.0741. The minimum Gasteiger partial charge on any atom is -0.276 e. The number of nitrogens with zero attached hydrogens (tertiary/aromatic N) is 2. The highest BCUT2D eigenvalue weighted by molar-refractivity contribution is 6.22. The maximum absolute atomic E-state index is 13.0. The van der Waals surface area contributed by atoms with E-state index in [1.165, 1.54) is 4.90 Å². The van der Waals surface area contributed by atoms with Crippen LogP contribution in [-0.2, 0) is 0 Å². The second-order valence-corrected chi connectivity index (χ2v) is 7.43. The summed E-state index contributed by atoms with van der Waals surface area (Å²) in [4.78, 5) is 40.8. The quantitative estimate of drug-likeness (QED) is 0.469. The van der Waals surface area contributed by atoms with Gasteiger partial charge in [-0.15, -0.1) is 0 Å². The Labute approximate surface area is 185 Å². The summed E-state index contributed by atoms with van der Waals surface area (Å²) < 4.78 is 0. The standard InChI is InChI=1S/C27H18N2O3/c30-25-22-15-8-9-16-23(22)26(31)28(25)18-10-2-5-17-24-20-13-6-7-14-21(20)27(32)29(24)19-11-3-1-4-12-19/h1,3-4,6-9,11-17H,10,18H2/b24-17+. The summed E-state index contributed by atoms with van der Waals surface area (Å²) in [6, 6.07) is 23.7. The molecule has 5 nitrogen and oxygen atoms in total. The van der Waals surface area contributed by atoms with Crippen molar-refractivity contribution in [2.24, 2.45) is 0 Å². The molecule has 32 heavy (non-hydrogen) atoms. The predicted octanol–water partition coefficient (Wildman–Crippen LogP) is 4.38. The molecule has 0 saturated heterocycles. The van der Waals surface area contributed by atoms with Crippen LogP contribution in [0.3, 0.4) is 0 Å². The van der Waals surface area contributed by atoms with Gasteiger partial charge in [-0.25, -0.2) is 0 Å². The van der Waals surface area contributed by atoms with Crippen LogP contribution in [0, 0.1) is 11.8 Å². The van der Waals surface area contributed by atoms with Gasteiger partial charge >= 0.3 is 0 Å². The van der Waals surface area contributed by atoms with Crippen molar-refractivity contribution < 1.29 is 14.4 Å². The van der Waals surface area contributed by atoms with E-state index in [2.05, 4.69) is 11.8 Å². The minimum atomic E-state index is -0.281. The lowest BCUT2D eigenvalue weighted by molar-refractivity contribution is 0.0657. The number of hydrogen-bond donors (Lipinski definition) is 0. The van der Waals surface area contributed by atoms with Gasteiger partial charge in [-0.05, 0) is 30.3 Å². The van der Waals surface area contributed by atoms with Crippen molar-refractivity contribution in [1.29, 1.82) is 0 Å². The SMILES string of the molecule is O=C1c2ccccc2C(=O)N1CCC#C/C=C1\c2ccccc2C(=O)N1c1ccccc1. The molecule has 154 valence electrons. The largest absolute Gasteiger partial charge is 0.276 e. The molecule has 0 aromatic heterocycles. The van der Waals surface area contributed by atoms with Crippen LogP contribution in [0.2, 0.25) is 0 Å². The lowest BCUT2D eigenvalue weighted by Crippen LogP contribution is -2.30. The number of rotatable bonds is 3. The fourth-order valence-corrected chi connectivity index (χ4v) is 4.02. The Bertz CT molecular complexity index is 1310. The zero-order valence-corrected chi connectivity index (χ0v) is 17.1. The van der Waals surface area contributed by atoms with Gasteiger partial charge in [-0.1, -0.05) is 60.4 Å². The highest BCUT2D eigenvalue weighted by Crippen LogP contribution is 2.36. The summed E-state index contributed by atoms with van der Waals surface area (Å²) in [6.45, 7) is 0.223. The van der Waals surface area contributed by atoms with Crippen molar-refractivity contribution in [3.05, 3.63) is 107 Å². The van der Waals surface area contributed by atoms with E-state index in [1.807, 2.05) is 54.6 Å². The Morgan fingerprint density at radius 1 is 0.656 bits per heavy atom. The molecule has 0 aliphatic carbocycles. The van der Waals surface area contributed by atoms with Crippen molar-refractivity contribution in [3.63, 3.8) is 0 Å². The number of benzene rings is 3. The molecule has 0 fully saturated rings. The number of para-hydroxylation sites is 1. The third kappa shape index (κ3) is 3.19. The van der Waals surface area contributed by atoms with E-state index < -0.39 is 0 Å². The van der Waals surface area contributed by atoms with E-state index >= 15 is 0 Å². The number of imide groups is 1. The van der Waals surface area contributed by atoms with Gasteiger partial charge in [0.05, 0.1) is 16.8 Å². The van der Waals surface area contributed by atoms with Crippen molar-refractivity contribution in [2.45, 2.75) is 6.42 Å². The summed E-state index contributed by atoms with van der Waals surface area (Å²) in [5.74, 6) is 5.37. The molecule has 2 heterocycles. The van der Waals surface area contributed by atoms with Gasteiger partial charge in [-0.2, -0.15) is 0 Å². The van der Waals surface area contributed by atoms with Gasteiger partial charge in [0, 0.05) is 35.9 Å². The molecule has 5 heteroatoms. The van der Waals surface area contributed by atoms with Crippen LogP contribution < -0.4 is 4.90 Å². The smallest absolute Gasteiger partial charge is 0.263 e. The molecule has 0 radical (unpaired) electrons. The van der Waals surface area contributed by atoms with E-state index in [0.29, 0.717) is 28.8 Å². The van der Waals surface area contributed by atoms with Crippen LogP contribution >= 0.6 is 0 Å². The maximum atomic E-state index is 13.0. The Kier molecular flexibility index (Phi) is 4.89. The number of carbonyl (C=O) groups excluding carboxylic acids is 3. The molecule has 0 atom stereocenters. The van der Waals surface area contributed by atoms with Gasteiger partial charge in [0.2, 0.25) is 0 Å². The van der Waals surface area contributed by atoms with Gasteiger partial charge < -0.3 is 0 Å². The third-order valence-corrected chi connectivity index (χ3v) is 5.54. The van der Waals surface area contributed by atoms with Crippen LogP contribution in [0.4, 0.5) is 5.69 Å². The van der Waals surface area contributed by atoms with E-state index in [1.54, 1.807) is 35.2 Å². The van der Waals surface area contributed by atoms with Gasteiger partial charge in [0.1, 0.15) is 0 Å². The first-order valence-corrected chi connectivity index (χ1v) is 10.3. The van der Waals surface area contributed by atoms with Gasteiger partial charge in [0.15, 0.2) is 0 Å². The van der Waals surface area contributed by atoms with Gasteiger partial charge in [-0.3, -0.25) is 24.2 Å². The zero-order chi connectivity index (χ0) is 22.1. The van der Waals surface area contributed by atoms with Crippen molar-refractivity contribution in [2.75, 3.05) is 11.4 Å².